The fourth-order valence-corrected chi connectivity index (χ4v) is 2.75. The second-order valence-corrected chi connectivity index (χ2v) is 5.85. The number of hydrogen-bond donors (Lipinski definition) is 0. The predicted octanol–water partition coefficient (Wildman–Crippen LogP) is 3.79. The van der Waals surface area contributed by atoms with Crippen molar-refractivity contribution < 1.29 is 13.2 Å². The molecule has 2 atom stereocenters. The molecule has 0 amide bonds. The molecule has 2 unspecified atom stereocenters. The lowest BCUT2D eigenvalue weighted by atomic mass is 10.1. The first kappa shape index (κ1) is 15.7. The molecule has 2 aromatic rings. The van der Waals surface area contributed by atoms with Crippen LogP contribution in [-0.4, -0.2) is 27.5 Å². The number of pyridine rings is 1. The van der Waals surface area contributed by atoms with Crippen LogP contribution in [0.3, 0.4) is 0 Å². The third kappa shape index (κ3) is 3.13. The van der Waals surface area contributed by atoms with Crippen LogP contribution in [0.5, 0.6) is 0 Å². The molecule has 0 bridgehead atoms. The number of halogens is 3. The molecule has 2 aromatic heterocycles. The molecule has 0 saturated carbocycles. The van der Waals surface area contributed by atoms with Gasteiger partial charge in [0.05, 0.1) is 0 Å². The molecule has 7 heteroatoms. The van der Waals surface area contributed by atoms with Crippen molar-refractivity contribution in [1.82, 2.24) is 15.0 Å². The van der Waals surface area contributed by atoms with Gasteiger partial charge in [-0.2, -0.15) is 13.2 Å². The Kier molecular flexibility index (Phi) is 3.95. The molecule has 0 N–H and O–H groups in total. The molecule has 1 fully saturated rings. The van der Waals surface area contributed by atoms with Crippen LogP contribution in [0.4, 0.5) is 19.0 Å². The predicted molar refractivity (Wildman–Crippen MR) is 80.9 cm³/mol. The molecular formula is C16H17F3N4. The van der Waals surface area contributed by atoms with Gasteiger partial charge >= 0.3 is 6.18 Å². The molecule has 0 radical (unpaired) electrons. The second kappa shape index (κ2) is 5.79. The van der Waals surface area contributed by atoms with Gasteiger partial charge in [-0.25, -0.2) is 9.97 Å². The summed E-state index contributed by atoms with van der Waals surface area (Å²) in [7, 11) is 0. The molecule has 0 spiro atoms. The maximum absolute atomic E-state index is 13.2. The van der Waals surface area contributed by atoms with Crippen LogP contribution in [0.25, 0.3) is 11.5 Å². The van der Waals surface area contributed by atoms with E-state index in [4.69, 9.17) is 0 Å². The highest BCUT2D eigenvalue weighted by molar-refractivity contribution is 5.54. The van der Waals surface area contributed by atoms with Crippen LogP contribution in [0, 0.1) is 5.92 Å². The number of alkyl halides is 3. The third-order valence-corrected chi connectivity index (χ3v) is 4.33. The van der Waals surface area contributed by atoms with Gasteiger partial charge in [0.2, 0.25) is 0 Å². The number of anilines is 1. The van der Waals surface area contributed by atoms with Crippen LogP contribution in [0.1, 0.15) is 26.0 Å². The SMILES string of the molecule is CC1CCN(c2cc(C(F)(F)F)nc(-c3ccccn3)n2)C1C. The Morgan fingerprint density at radius 1 is 1.17 bits per heavy atom. The molecule has 3 heterocycles. The maximum atomic E-state index is 13.2. The van der Waals surface area contributed by atoms with Crippen molar-refractivity contribution in [3.8, 4) is 11.5 Å². The van der Waals surface area contributed by atoms with Gasteiger partial charge < -0.3 is 4.90 Å². The largest absolute Gasteiger partial charge is 0.433 e. The van der Waals surface area contributed by atoms with Crippen LogP contribution in [0.15, 0.2) is 30.5 Å². The molecule has 1 aliphatic heterocycles. The van der Waals surface area contributed by atoms with E-state index >= 15 is 0 Å². The first-order valence-corrected chi connectivity index (χ1v) is 7.50. The van der Waals surface area contributed by atoms with Crippen molar-refractivity contribution in [2.24, 2.45) is 5.92 Å². The lowest BCUT2D eigenvalue weighted by Gasteiger charge is -2.25. The Morgan fingerprint density at radius 2 is 1.96 bits per heavy atom. The summed E-state index contributed by atoms with van der Waals surface area (Å²) in [6.07, 6.45) is -2.07. The van der Waals surface area contributed by atoms with Gasteiger partial charge in [0, 0.05) is 24.8 Å². The molecular weight excluding hydrogens is 305 g/mol. The molecule has 3 rings (SSSR count). The van der Waals surface area contributed by atoms with Gasteiger partial charge in [0.15, 0.2) is 11.5 Å². The molecule has 0 aliphatic carbocycles. The van der Waals surface area contributed by atoms with Crippen LogP contribution < -0.4 is 4.90 Å². The van der Waals surface area contributed by atoms with Crippen LogP contribution >= 0.6 is 0 Å². The standard InChI is InChI=1S/C16H17F3N4/c1-10-6-8-23(11(10)2)14-9-13(16(17,18)19)21-15(22-14)12-5-3-4-7-20-12/h3-5,7,9-11H,6,8H2,1-2H3. The fraction of sp³-hybridized carbons (Fsp3) is 0.438. The first-order valence-electron chi connectivity index (χ1n) is 7.50. The Bertz CT molecular complexity index is 687. The summed E-state index contributed by atoms with van der Waals surface area (Å²) in [5.41, 5.74) is -0.602. The second-order valence-electron chi connectivity index (χ2n) is 5.85. The highest BCUT2D eigenvalue weighted by atomic mass is 19.4. The van der Waals surface area contributed by atoms with Gasteiger partial charge in [0.25, 0.3) is 0 Å². The topological polar surface area (TPSA) is 41.9 Å². The van der Waals surface area contributed by atoms with Gasteiger partial charge in [-0.05, 0) is 31.4 Å². The van der Waals surface area contributed by atoms with Crippen molar-refractivity contribution in [3.63, 3.8) is 0 Å². The minimum atomic E-state index is -4.52. The zero-order valence-corrected chi connectivity index (χ0v) is 12.9. The average molecular weight is 322 g/mol. The van der Waals surface area contributed by atoms with E-state index in [0.717, 1.165) is 12.5 Å². The number of rotatable bonds is 2. The normalized spacial score (nSPS) is 21.7. The molecule has 1 saturated heterocycles. The van der Waals surface area contributed by atoms with Gasteiger partial charge in [0.1, 0.15) is 11.5 Å². The number of nitrogens with zero attached hydrogens (tertiary/aromatic N) is 4. The van der Waals surface area contributed by atoms with Gasteiger partial charge in [-0.3, -0.25) is 4.98 Å². The van der Waals surface area contributed by atoms with Crippen LogP contribution in [0.2, 0.25) is 0 Å². The van der Waals surface area contributed by atoms with Crippen molar-refractivity contribution >= 4 is 5.82 Å². The van der Waals surface area contributed by atoms with Gasteiger partial charge in [-0.15, -0.1) is 0 Å². The summed E-state index contributed by atoms with van der Waals surface area (Å²) in [4.78, 5) is 14.0. The smallest absolute Gasteiger partial charge is 0.354 e. The van der Waals surface area contributed by atoms with E-state index < -0.39 is 11.9 Å². The van der Waals surface area contributed by atoms with Crippen molar-refractivity contribution in [3.05, 3.63) is 36.2 Å². The summed E-state index contributed by atoms with van der Waals surface area (Å²) in [5.74, 6) is 0.726. The fourth-order valence-electron chi connectivity index (χ4n) is 2.75. The summed E-state index contributed by atoms with van der Waals surface area (Å²) in [6.45, 7) is 4.79. The Morgan fingerprint density at radius 3 is 2.52 bits per heavy atom. The third-order valence-electron chi connectivity index (χ3n) is 4.33. The lowest BCUT2D eigenvalue weighted by Crippen LogP contribution is -2.30. The number of aromatic nitrogens is 3. The van der Waals surface area contributed by atoms with Gasteiger partial charge in [-0.1, -0.05) is 13.0 Å². The van der Waals surface area contributed by atoms with E-state index in [1.807, 2.05) is 11.8 Å². The summed E-state index contributed by atoms with van der Waals surface area (Å²) in [5, 5.41) is 0. The van der Waals surface area contributed by atoms with Crippen molar-refractivity contribution in [1.29, 1.82) is 0 Å². The van der Waals surface area contributed by atoms with E-state index in [1.165, 1.54) is 6.20 Å². The van der Waals surface area contributed by atoms with Crippen molar-refractivity contribution in [2.45, 2.75) is 32.5 Å². The van der Waals surface area contributed by atoms with Crippen LogP contribution in [-0.2, 0) is 6.18 Å². The maximum Gasteiger partial charge on any atom is 0.433 e. The van der Waals surface area contributed by atoms with Crippen molar-refractivity contribution in [2.75, 3.05) is 11.4 Å². The van der Waals surface area contributed by atoms with E-state index in [1.54, 1.807) is 18.2 Å². The highest BCUT2D eigenvalue weighted by Gasteiger charge is 2.36. The lowest BCUT2D eigenvalue weighted by molar-refractivity contribution is -0.141. The summed E-state index contributed by atoms with van der Waals surface area (Å²) < 4.78 is 39.6. The summed E-state index contributed by atoms with van der Waals surface area (Å²) >= 11 is 0. The molecule has 4 nitrogen and oxygen atoms in total. The summed E-state index contributed by atoms with van der Waals surface area (Å²) in [6, 6.07) is 6.17. The number of hydrogen-bond acceptors (Lipinski definition) is 4. The minimum absolute atomic E-state index is 0.00202. The Hall–Kier alpha value is -2.18. The van der Waals surface area contributed by atoms with E-state index in [2.05, 4.69) is 21.9 Å². The molecule has 0 aromatic carbocycles. The van der Waals surface area contributed by atoms with E-state index in [0.29, 0.717) is 24.0 Å². The molecule has 122 valence electrons. The van der Waals surface area contributed by atoms with E-state index in [-0.39, 0.29) is 11.9 Å². The monoisotopic (exact) mass is 322 g/mol. The Balaban J connectivity index is 2.09. The molecule has 23 heavy (non-hydrogen) atoms. The van der Waals surface area contributed by atoms with E-state index in [9.17, 15) is 13.2 Å². The average Bonchev–Trinajstić information content (AvgIpc) is 2.86. The first-order chi connectivity index (χ1) is 10.9. The minimum Gasteiger partial charge on any atom is -0.354 e. The quantitative estimate of drug-likeness (QED) is 0.843. The zero-order chi connectivity index (χ0) is 16.6. The highest BCUT2D eigenvalue weighted by Crippen LogP contribution is 2.34. The molecule has 1 aliphatic rings. The zero-order valence-electron chi connectivity index (χ0n) is 12.9. The Labute approximate surface area is 132 Å².